The standard InChI is InChI=1S/C23H29ClN4O4S/c1-4-11-33(29,30)26-16-5-8-27(9-6-16)17-7-10-28-15-20(25-23(28)12-17)18-13-19(24)22(32-3)14-21(18)31-2/h7,10,12-16,26H,4-6,8-9,11H2,1-3H3. The highest BCUT2D eigenvalue weighted by molar-refractivity contribution is 7.89. The lowest BCUT2D eigenvalue weighted by Crippen LogP contribution is -2.45. The fraction of sp³-hybridized carbons (Fsp3) is 0.435. The summed E-state index contributed by atoms with van der Waals surface area (Å²) >= 11 is 6.34. The molecule has 0 bridgehead atoms. The molecule has 1 N–H and O–H groups in total. The number of pyridine rings is 1. The van der Waals surface area contributed by atoms with Crippen LogP contribution in [-0.2, 0) is 10.0 Å². The Balaban J connectivity index is 1.52. The van der Waals surface area contributed by atoms with E-state index in [1.807, 2.05) is 29.8 Å². The fourth-order valence-corrected chi connectivity index (χ4v) is 5.83. The van der Waals surface area contributed by atoms with Gasteiger partial charge in [0, 0.05) is 54.9 Å². The molecular formula is C23H29ClN4O4S. The number of anilines is 1. The zero-order valence-electron chi connectivity index (χ0n) is 19.0. The molecule has 0 saturated carbocycles. The molecule has 1 aromatic carbocycles. The van der Waals surface area contributed by atoms with Gasteiger partial charge in [0.25, 0.3) is 0 Å². The van der Waals surface area contributed by atoms with Gasteiger partial charge < -0.3 is 18.8 Å². The lowest BCUT2D eigenvalue weighted by molar-refractivity contribution is 0.395. The molecule has 3 aromatic rings. The molecule has 33 heavy (non-hydrogen) atoms. The van der Waals surface area contributed by atoms with Gasteiger partial charge in [0.05, 0.1) is 30.7 Å². The number of benzene rings is 1. The van der Waals surface area contributed by atoms with Crippen molar-refractivity contribution in [1.29, 1.82) is 0 Å². The van der Waals surface area contributed by atoms with Crippen LogP contribution in [0.15, 0.2) is 36.7 Å². The van der Waals surface area contributed by atoms with E-state index < -0.39 is 10.0 Å². The predicted octanol–water partition coefficient (Wildman–Crippen LogP) is 3.97. The number of rotatable bonds is 8. The first-order chi connectivity index (χ1) is 15.8. The van der Waals surface area contributed by atoms with Crippen molar-refractivity contribution in [2.45, 2.75) is 32.2 Å². The molecule has 0 spiro atoms. The van der Waals surface area contributed by atoms with Crippen LogP contribution in [0, 0.1) is 0 Å². The molecule has 1 saturated heterocycles. The molecule has 4 rings (SSSR count). The second-order valence-corrected chi connectivity index (χ2v) is 10.4. The van der Waals surface area contributed by atoms with Crippen molar-refractivity contribution in [3.8, 4) is 22.8 Å². The monoisotopic (exact) mass is 492 g/mol. The number of ether oxygens (including phenoxy) is 2. The number of methoxy groups -OCH3 is 2. The van der Waals surface area contributed by atoms with E-state index in [2.05, 4.69) is 15.7 Å². The number of sulfonamides is 1. The van der Waals surface area contributed by atoms with Gasteiger partial charge in [0.15, 0.2) is 0 Å². The molecular weight excluding hydrogens is 464 g/mol. The predicted molar refractivity (Wildman–Crippen MR) is 131 cm³/mol. The number of hydrogen-bond acceptors (Lipinski definition) is 6. The summed E-state index contributed by atoms with van der Waals surface area (Å²) in [5.41, 5.74) is 3.41. The zero-order valence-corrected chi connectivity index (χ0v) is 20.6. The first-order valence-electron chi connectivity index (χ1n) is 11.0. The second kappa shape index (κ2) is 9.79. The van der Waals surface area contributed by atoms with Crippen LogP contribution in [0.5, 0.6) is 11.5 Å². The minimum atomic E-state index is -3.19. The Morgan fingerprint density at radius 1 is 1.15 bits per heavy atom. The van der Waals surface area contributed by atoms with Gasteiger partial charge in [-0.15, -0.1) is 0 Å². The SMILES string of the molecule is CCCS(=O)(=O)NC1CCN(c2ccn3cc(-c4cc(Cl)c(OC)cc4OC)nc3c2)CC1. The van der Waals surface area contributed by atoms with Gasteiger partial charge in [0.2, 0.25) is 10.0 Å². The molecule has 1 aliphatic heterocycles. The molecule has 0 atom stereocenters. The first-order valence-corrected chi connectivity index (χ1v) is 13.0. The molecule has 8 nitrogen and oxygen atoms in total. The third kappa shape index (κ3) is 5.20. The van der Waals surface area contributed by atoms with E-state index in [0.717, 1.165) is 48.5 Å². The second-order valence-electron chi connectivity index (χ2n) is 8.16. The third-order valence-electron chi connectivity index (χ3n) is 5.87. The number of imidazole rings is 1. The van der Waals surface area contributed by atoms with Gasteiger partial charge in [-0.05, 0) is 31.4 Å². The summed E-state index contributed by atoms with van der Waals surface area (Å²) in [7, 11) is -0.0201. The van der Waals surface area contributed by atoms with Crippen LogP contribution in [0.4, 0.5) is 5.69 Å². The van der Waals surface area contributed by atoms with Gasteiger partial charge in [-0.1, -0.05) is 18.5 Å². The highest BCUT2D eigenvalue weighted by Crippen LogP contribution is 2.38. The number of fused-ring (bicyclic) bond motifs is 1. The highest BCUT2D eigenvalue weighted by Gasteiger charge is 2.24. The third-order valence-corrected chi connectivity index (χ3v) is 7.81. The maximum atomic E-state index is 12.1. The van der Waals surface area contributed by atoms with Crippen LogP contribution in [0.1, 0.15) is 26.2 Å². The molecule has 3 heterocycles. The summed E-state index contributed by atoms with van der Waals surface area (Å²) in [5, 5.41) is 0.489. The number of nitrogens with zero attached hydrogens (tertiary/aromatic N) is 3. The van der Waals surface area contributed by atoms with Crippen molar-refractivity contribution < 1.29 is 17.9 Å². The van der Waals surface area contributed by atoms with Gasteiger partial charge in [-0.25, -0.2) is 18.1 Å². The maximum absolute atomic E-state index is 12.1. The molecule has 0 aliphatic carbocycles. The van der Waals surface area contributed by atoms with Crippen LogP contribution >= 0.6 is 11.6 Å². The van der Waals surface area contributed by atoms with Gasteiger partial charge in [-0.3, -0.25) is 0 Å². The van der Waals surface area contributed by atoms with Crippen molar-refractivity contribution in [2.75, 3.05) is 38.0 Å². The molecule has 2 aromatic heterocycles. The van der Waals surface area contributed by atoms with E-state index in [-0.39, 0.29) is 11.8 Å². The maximum Gasteiger partial charge on any atom is 0.211 e. The van der Waals surface area contributed by atoms with Crippen molar-refractivity contribution in [1.82, 2.24) is 14.1 Å². The lowest BCUT2D eigenvalue weighted by Gasteiger charge is -2.33. The molecule has 1 aliphatic rings. The van der Waals surface area contributed by atoms with E-state index in [1.54, 1.807) is 26.4 Å². The minimum Gasteiger partial charge on any atom is -0.496 e. The highest BCUT2D eigenvalue weighted by atomic mass is 35.5. The van der Waals surface area contributed by atoms with Crippen molar-refractivity contribution in [3.63, 3.8) is 0 Å². The summed E-state index contributed by atoms with van der Waals surface area (Å²) in [5.74, 6) is 1.35. The molecule has 10 heteroatoms. The van der Waals surface area contributed by atoms with Crippen LogP contribution in [0.3, 0.4) is 0 Å². The summed E-state index contributed by atoms with van der Waals surface area (Å²) in [6.07, 6.45) is 6.09. The summed E-state index contributed by atoms with van der Waals surface area (Å²) < 4.78 is 39.7. The van der Waals surface area contributed by atoms with E-state index in [0.29, 0.717) is 22.9 Å². The number of nitrogens with one attached hydrogen (secondary N) is 1. The van der Waals surface area contributed by atoms with Crippen molar-refractivity contribution in [3.05, 3.63) is 41.7 Å². The Bertz CT molecular complexity index is 1240. The normalized spacial score (nSPS) is 15.2. The average Bonchev–Trinajstić information content (AvgIpc) is 3.22. The fourth-order valence-electron chi connectivity index (χ4n) is 4.19. The van der Waals surface area contributed by atoms with Crippen LogP contribution in [-0.4, -0.2) is 56.9 Å². The topological polar surface area (TPSA) is 85.2 Å². The summed E-state index contributed by atoms with van der Waals surface area (Å²) in [6, 6.07) is 7.64. The summed E-state index contributed by atoms with van der Waals surface area (Å²) in [4.78, 5) is 7.06. The molecule has 0 amide bonds. The van der Waals surface area contributed by atoms with Gasteiger partial charge in [-0.2, -0.15) is 0 Å². The average molecular weight is 493 g/mol. The Hall–Kier alpha value is -2.49. The Kier molecular flexibility index (Phi) is 7.02. The van der Waals surface area contributed by atoms with Crippen LogP contribution in [0.25, 0.3) is 16.9 Å². The van der Waals surface area contributed by atoms with E-state index in [1.165, 1.54) is 0 Å². The number of piperidine rings is 1. The Morgan fingerprint density at radius 2 is 1.88 bits per heavy atom. The molecule has 178 valence electrons. The van der Waals surface area contributed by atoms with Gasteiger partial charge >= 0.3 is 0 Å². The number of halogens is 1. The number of hydrogen-bond donors (Lipinski definition) is 1. The first kappa shape index (κ1) is 23.7. The largest absolute Gasteiger partial charge is 0.496 e. The zero-order chi connectivity index (χ0) is 23.6. The molecule has 0 unspecified atom stereocenters. The van der Waals surface area contributed by atoms with Crippen molar-refractivity contribution >= 4 is 33.0 Å². The van der Waals surface area contributed by atoms with Crippen LogP contribution in [0.2, 0.25) is 5.02 Å². The molecule has 0 radical (unpaired) electrons. The van der Waals surface area contributed by atoms with E-state index in [9.17, 15) is 8.42 Å². The lowest BCUT2D eigenvalue weighted by atomic mass is 10.1. The van der Waals surface area contributed by atoms with Gasteiger partial charge in [0.1, 0.15) is 17.1 Å². The Labute approximate surface area is 199 Å². The van der Waals surface area contributed by atoms with Crippen LogP contribution < -0.4 is 19.1 Å². The Morgan fingerprint density at radius 3 is 2.55 bits per heavy atom. The van der Waals surface area contributed by atoms with Crippen molar-refractivity contribution in [2.24, 2.45) is 0 Å². The summed E-state index contributed by atoms with van der Waals surface area (Å²) in [6.45, 7) is 3.44. The minimum absolute atomic E-state index is 0.00755. The quantitative estimate of drug-likeness (QED) is 0.512. The molecule has 1 fully saturated rings. The number of aromatic nitrogens is 2. The van der Waals surface area contributed by atoms with E-state index >= 15 is 0 Å². The smallest absolute Gasteiger partial charge is 0.211 e. The van der Waals surface area contributed by atoms with E-state index in [4.69, 9.17) is 26.1 Å².